The Morgan fingerprint density at radius 3 is 2.52 bits per heavy atom. The zero-order valence-corrected chi connectivity index (χ0v) is 25.6. The monoisotopic (exact) mass is 609 g/mol. The van der Waals surface area contributed by atoms with Crippen molar-refractivity contribution >= 4 is 23.4 Å². The Balaban J connectivity index is 1.55. The van der Waals surface area contributed by atoms with Crippen LogP contribution < -0.4 is 29.1 Å². The number of hydrogen-bond donors (Lipinski definition) is 0. The van der Waals surface area contributed by atoms with E-state index in [1.165, 1.54) is 15.9 Å². The number of nitriles is 1. The fourth-order valence-corrected chi connectivity index (χ4v) is 6.07. The summed E-state index contributed by atoms with van der Waals surface area (Å²) in [5.74, 6) is 1.02. The highest BCUT2D eigenvalue weighted by Gasteiger charge is 2.36. The number of methoxy groups -OCH3 is 1. The molecule has 2 heterocycles. The Morgan fingerprint density at radius 2 is 1.82 bits per heavy atom. The van der Waals surface area contributed by atoms with Gasteiger partial charge in [-0.1, -0.05) is 53.8 Å². The lowest BCUT2D eigenvalue weighted by Crippen LogP contribution is -2.40. The first-order valence-electron chi connectivity index (χ1n) is 14.1. The van der Waals surface area contributed by atoms with Gasteiger partial charge in [-0.25, -0.2) is 9.79 Å². The maximum atomic E-state index is 14.0. The highest BCUT2D eigenvalue weighted by Crippen LogP contribution is 2.40. The van der Waals surface area contributed by atoms with E-state index in [-0.39, 0.29) is 24.3 Å². The van der Waals surface area contributed by atoms with Gasteiger partial charge < -0.3 is 18.9 Å². The molecule has 0 N–H and O–H groups in total. The SMILES string of the molecule is CCOC(=O)C1=C(C)N=c2sc(=Cc3ccc(OCc4ccccc4C#N)cc3)c(=O)n2[C@@H]1c1cccc(OC)c1OCC. The molecule has 4 aromatic rings. The molecule has 0 aliphatic carbocycles. The van der Waals surface area contributed by atoms with E-state index in [1.54, 1.807) is 45.2 Å². The molecule has 1 aromatic heterocycles. The number of carbonyl (C=O) groups is 1. The molecule has 0 fully saturated rings. The highest BCUT2D eigenvalue weighted by atomic mass is 32.1. The van der Waals surface area contributed by atoms with Gasteiger partial charge in [0.25, 0.3) is 5.56 Å². The first-order valence-corrected chi connectivity index (χ1v) is 14.9. The Hall–Kier alpha value is -5.14. The quantitative estimate of drug-likeness (QED) is 0.241. The van der Waals surface area contributed by atoms with E-state index in [9.17, 15) is 14.9 Å². The third-order valence-corrected chi connectivity index (χ3v) is 8.02. The van der Waals surface area contributed by atoms with Crippen molar-refractivity contribution in [3.63, 3.8) is 0 Å². The molecular weight excluding hydrogens is 578 g/mol. The maximum absolute atomic E-state index is 14.0. The molecule has 10 heteroatoms. The minimum Gasteiger partial charge on any atom is -0.493 e. The lowest BCUT2D eigenvalue weighted by molar-refractivity contribution is -0.139. The number of ether oxygens (including phenoxy) is 4. The highest BCUT2D eigenvalue weighted by molar-refractivity contribution is 7.07. The molecule has 9 nitrogen and oxygen atoms in total. The van der Waals surface area contributed by atoms with E-state index in [0.29, 0.717) is 50.0 Å². The van der Waals surface area contributed by atoms with Crippen LogP contribution in [0.25, 0.3) is 6.08 Å². The molecule has 0 unspecified atom stereocenters. The van der Waals surface area contributed by atoms with Crippen LogP contribution in [0.4, 0.5) is 0 Å². The van der Waals surface area contributed by atoms with Gasteiger partial charge in [0, 0.05) is 11.1 Å². The Kier molecular flexibility index (Phi) is 9.26. The fraction of sp³-hybridized carbons (Fsp3) is 0.235. The number of aromatic nitrogens is 1. The van der Waals surface area contributed by atoms with Gasteiger partial charge in [0.05, 0.1) is 47.8 Å². The summed E-state index contributed by atoms with van der Waals surface area (Å²) >= 11 is 1.24. The van der Waals surface area contributed by atoms with Gasteiger partial charge in [0.2, 0.25) is 0 Å². The molecular formula is C34H31N3O6S. The van der Waals surface area contributed by atoms with Gasteiger partial charge in [-0.05, 0) is 56.7 Å². The van der Waals surface area contributed by atoms with Gasteiger partial charge in [-0.2, -0.15) is 5.26 Å². The summed E-state index contributed by atoms with van der Waals surface area (Å²) in [6.45, 7) is 6.13. The number of benzene rings is 3. The molecule has 44 heavy (non-hydrogen) atoms. The normalized spacial score (nSPS) is 14.3. The second-order valence-corrected chi connectivity index (χ2v) is 10.7. The first-order chi connectivity index (χ1) is 21.4. The molecule has 1 aliphatic heterocycles. The second-order valence-electron chi connectivity index (χ2n) is 9.74. The van der Waals surface area contributed by atoms with E-state index in [2.05, 4.69) is 11.1 Å². The molecule has 1 atom stereocenters. The maximum Gasteiger partial charge on any atom is 0.338 e. The topological polar surface area (TPSA) is 112 Å². The third-order valence-electron chi connectivity index (χ3n) is 7.04. The van der Waals surface area contributed by atoms with Crippen LogP contribution in [0.2, 0.25) is 0 Å². The summed E-state index contributed by atoms with van der Waals surface area (Å²) < 4.78 is 24.8. The summed E-state index contributed by atoms with van der Waals surface area (Å²) in [6.07, 6.45) is 1.79. The number of thiazole rings is 1. The van der Waals surface area contributed by atoms with Crippen molar-refractivity contribution in [2.75, 3.05) is 20.3 Å². The molecule has 3 aromatic carbocycles. The number of esters is 1. The minimum absolute atomic E-state index is 0.174. The van der Waals surface area contributed by atoms with Crippen LogP contribution in [0.5, 0.6) is 17.2 Å². The van der Waals surface area contributed by atoms with Crippen LogP contribution in [0.3, 0.4) is 0 Å². The standard InChI is InChI=1S/C34H31N3O6S/c1-5-41-31-26(12-9-13-27(31)40-4)30-29(33(39)42-6-2)21(3)36-34-37(30)32(38)28(44-34)18-22-14-16-25(17-15-22)43-20-24-11-8-7-10-23(24)19-35/h7-18,30H,5-6,20H2,1-4H3/t30-/m1/s1. The Morgan fingerprint density at radius 1 is 1.05 bits per heavy atom. The summed E-state index contributed by atoms with van der Waals surface area (Å²) in [5, 5.41) is 9.32. The first kappa shape index (κ1) is 30.3. The van der Waals surface area contributed by atoms with Gasteiger partial charge in [0.15, 0.2) is 16.3 Å². The van der Waals surface area contributed by atoms with Gasteiger partial charge >= 0.3 is 5.97 Å². The third kappa shape index (κ3) is 6.00. The van der Waals surface area contributed by atoms with E-state index < -0.39 is 12.0 Å². The molecule has 0 bridgehead atoms. The molecule has 0 radical (unpaired) electrons. The van der Waals surface area contributed by atoms with Crippen molar-refractivity contribution in [2.45, 2.75) is 33.4 Å². The smallest absolute Gasteiger partial charge is 0.338 e. The number of rotatable bonds is 10. The van der Waals surface area contributed by atoms with Crippen LogP contribution >= 0.6 is 11.3 Å². The van der Waals surface area contributed by atoms with Crippen LogP contribution in [-0.2, 0) is 16.1 Å². The van der Waals surface area contributed by atoms with E-state index in [1.807, 2.05) is 55.5 Å². The van der Waals surface area contributed by atoms with Crippen molar-refractivity contribution in [1.82, 2.24) is 4.57 Å². The van der Waals surface area contributed by atoms with E-state index in [4.69, 9.17) is 18.9 Å². The summed E-state index contributed by atoms with van der Waals surface area (Å²) in [4.78, 5) is 32.4. The molecule has 0 spiro atoms. The molecule has 0 saturated carbocycles. The van der Waals surface area contributed by atoms with Crippen LogP contribution in [0, 0.1) is 11.3 Å². The zero-order valence-electron chi connectivity index (χ0n) is 24.8. The molecule has 224 valence electrons. The predicted octanol–water partition coefficient (Wildman–Crippen LogP) is 4.66. The Bertz CT molecular complexity index is 1950. The summed E-state index contributed by atoms with van der Waals surface area (Å²) in [7, 11) is 1.54. The zero-order chi connectivity index (χ0) is 31.2. The number of carbonyl (C=O) groups excluding carboxylic acids is 1. The van der Waals surface area contributed by atoms with Crippen molar-refractivity contribution in [2.24, 2.45) is 4.99 Å². The van der Waals surface area contributed by atoms with Crippen molar-refractivity contribution < 1.29 is 23.7 Å². The fourth-order valence-electron chi connectivity index (χ4n) is 5.02. The average molecular weight is 610 g/mol. The number of para-hydroxylation sites is 1. The van der Waals surface area contributed by atoms with Crippen LogP contribution in [0.15, 0.2) is 87.8 Å². The summed E-state index contributed by atoms with van der Waals surface area (Å²) in [5.41, 5.74) is 3.18. The molecule has 1 aliphatic rings. The second kappa shape index (κ2) is 13.4. The summed E-state index contributed by atoms with van der Waals surface area (Å²) in [6, 6.07) is 21.4. The molecule has 0 amide bonds. The number of fused-ring (bicyclic) bond motifs is 1. The largest absolute Gasteiger partial charge is 0.493 e. The van der Waals surface area contributed by atoms with Crippen molar-refractivity contribution in [1.29, 1.82) is 5.26 Å². The lowest BCUT2D eigenvalue weighted by atomic mass is 9.94. The molecule has 5 rings (SSSR count). The van der Waals surface area contributed by atoms with Crippen molar-refractivity contribution in [3.8, 4) is 23.3 Å². The molecule has 0 saturated heterocycles. The predicted molar refractivity (Wildman–Crippen MR) is 166 cm³/mol. The minimum atomic E-state index is -0.837. The van der Waals surface area contributed by atoms with Crippen LogP contribution in [-0.4, -0.2) is 30.9 Å². The van der Waals surface area contributed by atoms with Crippen LogP contribution in [0.1, 0.15) is 49.1 Å². The van der Waals surface area contributed by atoms with E-state index in [0.717, 1.165) is 11.1 Å². The van der Waals surface area contributed by atoms with Crippen molar-refractivity contribution in [3.05, 3.63) is 120 Å². The van der Waals surface area contributed by atoms with Gasteiger partial charge in [-0.15, -0.1) is 0 Å². The Labute approximate surface area is 258 Å². The number of hydrogen-bond acceptors (Lipinski definition) is 9. The lowest BCUT2D eigenvalue weighted by Gasteiger charge is -2.26. The average Bonchev–Trinajstić information content (AvgIpc) is 3.34. The number of nitrogens with zero attached hydrogens (tertiary/aromatic N) is 3. The van der Waals surface area contributed by atoms with E-state index >= 15 is 0 Å². The van der Waals surface area contributed by atoms with Gasteiger partial charge in [-0.3, -0.25) is 9.36 Å². The number of allylic oxidation sites excluding steroid dienone is 1. The van der Waals surface area contributed by atoms with Gasteiger partial charge in [0.1, 0.15) is 18.4 Å².